The van der Waals surface area contributed by atoms with Gasteiger partial charge in [-0.25, -0.2) is 0 Å². The number of benzene rings is 1. The maximum Gasteiger partial charge on any atom is 0.107 e. The Kier molecular flexibility index (Phi) is 5.76. The van der Waals surface area contributed by atoms with Gasteiger partial charge in [-0.15, -0.1) is 11.3 Å². The second kappa shape index (κ2) is 6.92. The minimum Gasteiger partial charge on any atom is -0.306 e. The van der Waals surface area contributed by atoms with Crippen LogP contribution >= 0.6 is 66.4 Å². The molecule has 19 heavy (non-hydrogen) atoms. The molecule has 6 heteroatoms. The third kappa shape index (κ3) is 3.74. The van der Waals surface area contributed by atoms with Crippen molar-refractivity contribution in [2.75, 3.05) is 6.54 Å². The number of hydrogen-bond acceptors (Lipinski definition) is 2. The number of thiophene rings is 1. The molecule has 2 aromatic rings. The van der Waals surface area contributed by atoms with Gasteiger partial charge in [0.05, 0.1) is 6.04 Å². The van der Waals surface area contributed by atoms with Gasteiger partial charge in [-0.2, -0.15) is 0 Å². The van der Waals surface area contributed by atoms with Crippen LogP contribution in [-0.2, 0) is 0 Å². The molecule has 0 saturated heterocycles. The van der Waals surface area contributed by atoms with E-state index >= 15 is 0 Å². The highest BCUT2D eigenvalue weighted by Crippen LogP contribution is 2.39. The summed E-state index contributed by atoms with van der Waals surface area (Å²) >= 11 is 20.9. The Balaban J connectivity index is 2.47. The van der Waals surface area contributed by atoms with E-state index in [0.717, 1.165) is 35.3 Å². The molecule has 1 heterocycles. The van der Waals surface area contributed by atoms with Crippen molar-refractivity contribution in [2.24, 2.45) is 0 Å². The molecule has 1 N–H and O–H groups in total. The molecule has 1 atom stereocenters. The number of halogens is 4. The van der Waals surface area contributed by atoms with Crippen molar-refractivity contribution in [3.05, 3.63) is 53.0 Å². The Morgan fingerprint density at radius 3 is 2.58 bits per heavy atom. The standard InChI is InChI=1S/C13H11Br2Cl2NS/c1-2-18-12(11-6-9(15)13(17)19-11)8-5-7(14)3-4-10(8)16/h3-6,12,18H,2H2,1H3. The minimum absolute atomic E-state index is 0.0452. The van der Waals surface area contributed by atoms with E-state index in [-0.39, 0.29) is 6.04 Å². The second-order valence-corrected chi connectivity index (χ2v) is 7.79. The lowest BCUT2D eigenvalue weighted by atomic mass is 10.1. The lowest BCUT2D eigenvalue weighted by Crippen LogP contribution is -2.21. The topological polar surface area (TPSA) is 12.0 Å². The number of nitrogens with one attached hydrogen (secondary N) is 1. The van der Waals surface area contributed by atoms with Crippen molar-refractivity contribution in [3.63, 3.8) is 0 Å². The van der Waals surface area contributed by atoms with Crippen LogP contribution in [0, 0.1) is 0 Å². The van der Waals surface area contributed by atoms with Gasteiger partial charge in [-0.1, -0.05) is 46.1 Å². The summed E-state index contributed by atoms with van der Waals surface area (Å²) in [4.78, 5) is 1.14. The van der Waals surface area contributed by atoms with E-state index in [1.807, 2.05) is 24.3 Å². The summed E-state index contributed by atoms with van der Waals surface area (Å²) in [6.45, 7) is 2.92. The molecule has 0 bridgehead atoms. The third-order valence-corrected chi connectivity index (χ3v) is 6.00. The molecule has 0 aliphatic heterocycles. The van der Waals surface area contributed by atoms with Gasteiger partial charge in [0.15, 0.2) is 0 Å². The van der Waals surface area contributed by atoms with Crippen molar-refractivity contribution in [3.8, 4) is 0 Å². The molecule has 0 spiro atoms. The lowest BCUT2D eigenvalue weighted by molar-refractivity contribution is 0.639. The van der Waals surface area contributed by atoms with Gasteiger partial charge >= 0.3 is 0 Å². The van der Waals surface area contributed by atoms with E-state index in [4.69, 9.17) is 23.2 Å². The van der Waals surface area contributed by atoms with Crippen LogP contribution in [0.25, 0.3) is 0 Å². The molecule has 1 aromatic heterocycles. The van der Waals surface area contributed by atoms with Gasteiger partial charge in [0.2, 0.25) is 0 Å². The molecule has 0 radical (unpaired) electrons. The average Bonchev–Trinajstić information content (AvgIpc) is 2.70. The maximum absolute atomic E-state index is 6.32. The van der Waals surface area contributed by atoms with E-state index < -0.39 is 0 Å². The summed E-state index contributed by atoms with van der Waals surface area (Å²) < 4.78 is 2.68. The summed E-state index contributed by atoms with van der Waals surface area (Å²) in [6.07, 6.45) is 0. The quantitative estimate of drug-likeness (QED) is 0.586. The zero-order valence-electron chi connectivity index (χ0n) is 10.0. The van der Waals surface area contributed by atoms with Crippen molar-refractivity contribution in [2.45, 2.75) is 13.0 Å². The van der Waals surface area contributed by atoms with Crippen LogP contribution in [0.4, 0.5) is 0 Å². The van der Waals surface area contributed by atoms with E-state index in [1.54, 1.807) is 11.3 Å². The fourth-order valence-corrected chi connectivity index (χ4v) is 4.25. The highest BCUT2D eigenvalue weighted by molar-refractivity contribution is 9.10. The molecule has 1 aromatic carbocycles. The van der Waals surface area contributed by atoms with Crippen LogP contribution in [0.1, 0.15) is 23.4 Å². The zero-order chi connectivity index (χ0) is 14.0. The molecule has 2 rings (SSSR count). The van der Waals surface area contributed by atoms with Crippen molar-refractivity contribution < 1.29 is 0 Å². The minimum atomic E-state index is 0.0452. The van der Waals surface area contributed by atoms with Crippen LogP contribution in [0.5, 0.6) is 0 Å². The van der Waals surface area contributed by atoms with Crippen LogP contribution in [-0.4, -0.2) is 6.54 Å². The first-order chi connectivity index (χ1) is 9.02. The smallest absolute Gasteiger partial charge is 0.107 e. The molecule has 1 nitrogen and oxygen atoms in total. The van der Waals surface area contributed by atoms with Crippen LogP contribution in [0.2, 0.25) is 9.36 Å². The monoisotopic (exact) mass is 441 g/mol. The predicted octanol–water partition coefficient (Wildman–Crippen LogP) is 6.28. The zero-order valence-corrected chi connectivity index (χ0v) is 15.5. The van der Waals surface area contributed by atoms with Gasteiger partial charge < -0.3 is 5.32 Å². The molecule has 0 saturated carbocycles. The number of rotatable bonds is 4. The van der Waals surface area contributed by atoms with Gasteiger partial charge in [0.1, 0.15) is 4.34 Å². The van der Waals surface area contributed by atoms with Crippen LogP contribution in [0.15, 0.2) is 33.2 Å². The fourth-order valence-electron chi connectivity index (χ4n) is 1.81. The molecule has 0 aliphatic carbocycles. The third-order valence-electron chi connectivity index (χ3n) is 2.63. The summed E-state index contributed by atoms with van der Waals surface area (Å²) in [5, 5.41) is 4.19. The molecular weight excluding hydrogens is 433 g/mol. The van der Waals surface area contributed by atoms with E-state index in [0.29, 0.717) is 0 Å². The van der Waals surface area contributed by atoms with E-state index in [9.17, 15) is 0 Å². The Morgan fingerprint density at radius 1 is 1.26 bits per heavy atom. The molecule has 0 aliphatic rings. The SMILES string of the molecule is CCNC(c1cc(Br)c(Cl)s1)c1cc(Br)ccc1Cl. The van der Waals surface area contributed by atoms with Crippen molar-refractivity contribution in [1.29, 1.82) is 0 Å². The van der Waals surface area contributed by atoms with E-state index in [2.05, 4.69) is 44.1 Å². The summed E-state index contributed by atoms with van der Waals surface area (Å²) in [5.41, 5.74) is 1.04. The van der Waals surface area contributed by atoms with Crippen molar-refractivity contribution in [1.82, 2.24) is 5.32 Å². The predicted molar refractivity (Wildman–Crippen MR) is 91.7 cm³/mol. The van der Waals surface area contributed by atoms with E-state index in [1.165, 1.54) is 0 Å². The van der Waals surface area contributed by atoms with Gasteiger partial charge in [0, 0.05) is 18.8 Å². The molecule has 0 fully saturated rings. The summed E-state index contributed by atoms with van der Waals surface area (Å²) in [6, 6.07) is 7.96. The lowest BCUT2D eigenvalue weighted by Gasteiger charge is -2.18. The van der Waals surface area contributed by atoms with Gasteiger partial charge in [-0.05, 0) is 52.3 Å². The maximum atomic E-state index is 6.32. The Hall–Kier alpha value is 0.420. The largest absolute Gasteiger partial charge is 0.306 e. The first-order valence-corrected chi connectivity index (χ1v) is 8.81. The molecule has 0 amide bonds. The molecular formula is C13H11Br2Cl2NS. The Morgan fingerprint density at radius 2 is 2.00 bits per heavy atom. The highest BCUT2D eigenvalue weighted by atomic mass is 79.9. The van der Waals surface area contributed by atoms with Gasteiger partial charge in [-0.3, -0.25) is 0 Å². The normalized spacial score (nSPS) is 12.7. The Bertz CT molecular complexity index is 567. The summed E-state index contributed by atoms with van der Waals surface area (Å²) in [5.74, 6) is 0. The molecule has 102 valence electrons. The Labute approximate surface area is 143 Å². The van der Waals surface area contributed by atoms with Gasteiger partial charge in [0.25, 0.3) is 0 Å². The van der Waals surface area contributed by atoms with Crippen LogP contribution in [0.3, 0.4) is 0 Å². The highest BCUT2D eigenvalue weighted by Gasteiger charge is 2.19. The fraction of sp³-hybridized carbons (Fsp3) is 0.231. The van der Waals surface area contributed by atoms with Crippen LogP contribution < -0.4 is 5.32 Å². The second-order valence-electron chi connectivity index (χ2n) is 3.93. The van der Waals surface area contributed by atoms with Crippen molar-refractivity contribution >= 4 is 66.4 Å². The summed E-state index contributed by atoms with van der Waals surface area (Å²) in [7, 11) is 0. The first kappa shape index (κ1) is 15.8. The molecule has 1 unspecified atom stereocenters. The first-order valence-electron chi connectivity index (χ1n) is 5.66. The number of hydrogen-bond donors (Lipinski definition) is 1. The average molecular weight is 444 g/mol.